The van der Waals surface area contributed by atoms with Crippen molar-refractivity contribution in [1.82, 2.24) is 10.2 Å². The SMILES string of the molecule is CCC(c1[nH]nc2ccccc12)S(=O)(=O)c1ccc(C)cc1. The van der Waals surface area contributed by atoms with E-state index in [2.05, 4.69) is 10.2 Å². The second-order valence-corrected chi connectivity index (χ2v) is 7.54. The number of fused-ring (bicyclic) bond motifs is 1. The van der Waals surface area contributed by atoms with Crippen molar-refractivity contribution in [2.75, 3.05) is 0 Å². The topological polar surface area (TPSA) is 62.8 Å². The number of aryl methyl sites for hydroxylation is 1. The Balaban J connectivity index is 2.12. The van der Waals surface area contributed by atoms with E-state index < -0.39 is 15.1 Å². The molecule has 2 aromatic carbocycles. The third-order valence-electron chi connectivity index (χ3n) is 3.91. The number of rotatable bonds is 4. The minimum absolute atomic E-state index is 0.351. The molecule has 0 aliphatic rings. The molecule has 1 unspecified atom stereocenters. The van der Waals surface area contributed by atoms with Gasteiger partial charge in [0.05, 0.1) is 16.1 Å². The van der Waals surface area contributed by atoms with Crippen molar-refractivity contribution in [2.45, 2.75) is 30.4 Å². The summed E-state index contributed by atoms with van der Waals surface area (Å²) in [6, 6.07) is 14.6. The minimum atomic E-state index is -3.45. The van der Waals surface area contributed by atoms with Gasteiger partial charge in [-0.3, -0.25) is 5.10 Å². The maximum Gasteiger partial charge on any atom is 0.186 e. The van der Waals surface area contributed by atoms with Crippen LogP contribution in [0, 0.1) is 6.92 Å². The summed E-state index contributed by atoms with van der Waals surface area (Å²) >= 11 is 0. The summed E-state index contributed by atoms with van der Waals surface area (Å²) in [4.78, 5) is 0.351. The Hall–Kier alpha value is -2.14. The van der Waals surface area contributed by atoms with Crippen LogP contribution in [0.1, 0.15) is 29.9 Å². The zero-order chi connectivity index (χ0) is 15.7. The number of hydrogen-bond donors (Lipinski definition) is 1. The molecular weight excluding hydrogens is 296 g/mol. The first-order valence-electron chi connectivity index (χ1n) is 7.27. The first-order valence-corrected chi connectivity index (χ1v) is 8.82. The van der Waals surface area contributed by atoms with Gasteiger partial charge in [-0.05, 0) is 31.5 Å². The summed E-state index contributed by atoms with van der Waals surface area (Å²) in [5, 5.41) is 7.39. The van der Waals surface area contributed by atoms with E-state index in [9.17, 15) is 8.42 Å². The van der Waals surface area contributed by atoms with Crippen LogP contribution in [0.4, 0.5) is 0 Å². The predicted molar refractivity (Wildman–Crippen MR) is 87.5 cm³/mol. The van der Waals surface area contributed by atoms with E-state index in [1.54, 1.807) is 12.1 Å². The molecule has 0 amide bonds. The zero-order valence-corrected chi connectivity index (χ0v) is 13.4. The lowest BCUT2D eigenvalue weighted by atomic mass is 10.1. The Labute approximate surface area is 130 Å². The predicted octanol–water partition coefficient (Wildman–Crippen LogP) is 3.80. The van der Waals surface area contributed by atoms with Gasteiger partial charge in [0.25, 0.3) is 0 Å². The summed E-state index contributed by atoms with van der Waals surface area (Å²) < 4.78 is 25.9. The molecule has 1 aromatic heterocycles. The molecule has 114 valence electrons. The van der Waals surface area contributed by atoms with Crippen LogP contribution in [0.25, 0.3) is 10.9 Å². The smallest absolute Gasteiger partial charge is 0.186 e. The van der Waals surface area contributed by atoms with Crippen LogP contribution in [0.2, 0.25) is 0 Å². The van der Waals surface area contributed by atoms with Crippen LogP contribution in [0.5, 0.6) is 0 Å². The Kier molecular flexibility index (Phi) is 3.74. The zero-order valence-electron chi connectivity index (χ0n) is 12.6. The number of aromatic nitrogens is 2. The summed E-state index contributed by atoms with van der Waals surface area (Å²) in [7, 11) is -3.45. The number of nitrogens with zero attached hydrogens (tertiary/aromatic N) is 1. The molecule has 0 radical (unpaired) electrons. The highest BCUT2D eigenvalue weighted by atomic mass is 32.2. The lowest BCUT2D eigenvalue weighted by Crippen LogP contribution is -2.14. The second-order valence-electron chi connectivity index (χ2n) is 5.41. The quantitative estimate of drug-likeness (QED) is 0.796. The standard InChI is InChI=1S/C17H18N2O2S/c1-3-16(17-14-6-4-5-7-15(14)18-19-17)22(20,21)13-10-8-12(2)9-11-13/h4-11,16H,3H2,1-2H3,(H,18,19). The van der Waals surface area contributed by atoms with E-state index in [0.717, 1.165) is 16.5 Å². The van der Waals surface area contributed by atoms with Gasteiger partial charge in [0.2, 0.25) is 0 Å². The van der Waals surface area contributed by atoms with Gasteiger partial charge in [0, 0.05) is 5.39 Å². The molecule has 0 saturated carbocycles. The van der Waals surface area contributed by atoms with Crippen LogP contribution in [0.15, 0.2) is 53.4 Å². The molecule has 0 saturated heterocycles. The molecule has 1 N–H and O–H groups in total. The van der Waals surface area contributed by atoms with Gasteiger partial charge >= 0.3 is 0 Å². The number of aromatic amines is 1. The summed E-state index contributed by atoms with van der Waals surface area (Å²) in [6.45, 7) is 3.82. The second kappa shape index (κ2) is 5.57. The van der Waals surface area contributed by atoms with Crippen molar-refractivity contribution < 1.29 is 8.42 Å². The highest BCUT2D eigenvalue weighted by molar-refractivity contribution is 7.91. The van der Waals surface area contributed by atoms with Crippen LogP contribution >= 0.6 is 0 Å². The molecule has 0 aliphatic heterocycles. The number of hydrogen-bond acceptors (Lipinski definition) is 3. The minimum Gasteiger partial charge on any atom is -0.280 e. The molecule has 22 heavy (non-hydrogen) atoms. The van der Waals surface area contributed by atoms with Crippen molar-refractivity contribution in [1.29, 1.82) is 0 Å². The van der Waals surface area contributed by atoms with Crippen LogP contribution in [-0.4, -0.2) is 18.6 Å². The Bertz CT molecular complexity index is 896. The normalized spacial score (nSPS) is 13.4. The molecule has 5 heteroatoms. The number of sulfone groups is 1. The first-order chi connectivity index (χ1) is 10.5. The van der Waals surface area contributed by atoms with E-state index >= 15 is 0 Å². The fourth-order valence-corrected chi connectivity index (χ4v) is 4.47. The third kappa shape index (κ3) is 2.41. The van der Waals surface area contributed by atoms with E-state index in [1.807, 2.05) is 50.2 Å². The Morgan fingerprint density at radius 1 is 1.09 bits per heavy atom. The van der Waals surface area contributed by atoms with Crippen molar-refractivity contribution >= 4 is 20.7 Å². The fraction of sp³-hybridized carbons (Fsp3) is 0.235. The molecule has 0 bridgehead atoms. The summed E-state index contributed by atoms with van der Waals surface area (Å²) in [5.41, 5.74) is 2.49. The molecule has 0 aliphatic carbocycles. The molecule has 0 spiro atoms. The van der Waals surface area contributed by atoms with E-state index in [1.165, 1.54) is 0 Å². The molecule has 0 fully saturated rings. The first kappa shape index (κ1) is 14.8. The number of nitrogens with one attached hydrogen (secondary N) is 1. The third-order valence-corrected chi connectivity index (χ3v) is 6.16. The number of para-hydroxylation sites is 1. The lowest BCUT2D eigenvalue weighted by molar-refractivity contribution is 0.577. The van der Waals surface area contributed by atoms with Gasteiger partial charge in [-0.2, -0.15) is 5.10 Å². The highest BCUT2D eigenvalue weighted by Gasteiger charge is 2.30. The largest absolute Gasteiger partial charge is 0.280 e. The van der Waals surface area contributed by atoms with Gasteiger partial charge in [-0.1, -0.05) is 42.8 Å². The van der Waals surface area contributed by atoms with Crippen LogP contribution in [0.3, 0.4) is 0 Å². The molecule has 3 aromatic rings. The van der Waals surface area contributed by atoms with Crippen molar-refractivity contribution in [3.8, 4) is 0 Å². The van der Waals surface area contributed by atoms with E-state index in [4.69, 9.17) is 0 Å². The van der Waals surface area contributed by atoms with Crippen LogP contribution < -0.4 is 0 Å². The van der Waals surface area contributed by atoms with Gasteiger partial charge in [-0.15, -0.1) is 0 Å². The average molecular weight is 314 g/mol. The summed E-state index contributed by atoms with van der Waals surface area (Å²) in [5.74, 6) is 0. The number of benzene rings is 2. The molecule has 1 heterocycles. The van der Waals surface area contributed by atoms with E-state index in [0.29, 0.717) is 17.0 Å². The fourth-order valence-electron chi connectivity index (χ4n) is 2.70. The Morgan fingerprint density at radius 2 is 1.77 bits per heavy atom. The molecule has 1 atom stereocenters. The highest BCUT2D eigenvalue weighted by Crippen LogP contribution is 2.34. The van der Waals surface area contributed by atoms with Gasteiger partial charge in [0.15, 0.2) is 9.84 Å². The average Bonchev–Trinajstić information content (AvgIpc) is 2.92. The lowest BCUT2D eigenvalue weighted by Gasteiger charge is -2.15. The Morgan fingerprint density at radius 3 is 2.45 bits per heavy atom. The van der Waals surface area contributed by atoms with Crippen LogP contribution in [-0.2, 0) is 9.84 Å². The maximum atomic E-state index is 13.0. The van der Waals surface area contributed by atoms with Gasteiger partial charge in [-0.25, -0.2) is 8.42 Å². The van der Waals surface area contributed by atoms with Gasteiger partial charge < -0.3 is 0 Å². The van der Waals surface area contributed by atoms with Crippen molar-refractivity contribution in [3.63, 3.8) is 0 Å². The molecular formula is C17H18N2O2S. The summed E-state index contributed by atoms with van der Waals surface area (Å²) in [6.07, 6.45) is 0.488. The van der Waals surface area contributed by atoms with Crippen molar-refractivity contribution in [2.24, 2.45) is 0 Å². The van der Waals surface area contributed by atoms with Gasteiger partial charge in [0.1, 0.15) is 5.25 Å². The molecule has 4 nitrogen and oxygen atoms in total. The maximum absolute atomic E-state index is 13.0. The number of H-pyrrole nitrogens is 1. The van der Waals surface area contributed by atoms with Crippen molar-refractivity contribution in [3.05, 3.63) is 59.8 Å². The van der Waals surface area contributed by atoms with E-state index in [-0.39, 0.29) is 0 Å². The molecule has 3 rings (SSSR count). The monoisotopic (exact) mass is 314 g/mol.